The van der Waals surface area contributed by atoms with Crippen LogP contribution in [0.5, 0.6) is 0 Å². The summed E-state index contributed by atoms with van der Waals surface area (Å²) >= 11 is 0. The minimum atomic E-state index is -0.479. The van der Waals surface area contributed by atoms with Crippen molar-refractivity contribution < 1.29 is 19.7 Å². The molecule has 2 saturated heterocycles. The van der Waals surface area contributed by atoms with Gasteiger partial charge in [0.2, 0.25) is 0 Å². The molecular formula is C14H22O4. The molecule has 6 atom stereocenters. The number of aliphatic hydroxyl groups is 2. The number of ether oxygens (including phenoxy) is 2. The van der Waals surface area contributed by atoms with Gasteiger partial charge in [0, 0.05) is 11.8 Å². The summed E-state index contributed by atoms with van der Waals surface area (Å²) in [5.74, 6) is -0.0390. The first-order valence-electron chi connectivity index (χ1n) is 6.50. The molecule has 18 heavy (non-hydrogen) atoms. The van der Waals surface area contributed by atoms with E-state index in [0.717, 1.165) is 0 Å². The smallest absolute Gasteiger partial charge is 0.0916 e. The Morgan fingerprint density at radius 1 is 0.944 bits per heavy atom. The lowest BCUT2D eigenvalue weighted by molar-refractivity contribution is -0.00113. The summed E-state index contributed by atoms with van der Waals surface area (Å²) in [6.07, 6.45) is 3.32. The summed E-state index contributed by atoms with van der Waals surface area (Å²) in [4.78, 5) is 0. The van der Waals surface area contributed by atoms with Gasteiger partial charge in [-0.15, -0.1) is 13.2 Å². The molecule has 0 radical (unpaired) electrons. The Hall–Kier alpha value is -0.680. The van der Waals surface area contributed by atoms with Gasteiger partial charge in [-0.25, -0.2) is 0 Å². The number of hydrogen-bond acceptors (Lipinski definition) is 4. The molecule has 2 rings (SSSR count). The molecule has 0 saturated carbocycles. The Morgan fingerprint density at radius 2 is 1.33 bits per heavy atom. The molecule has 4 nitrogen and oxygen atoms in total. The maximum Gasteiger partial charge on any atom is 0.0916 e. The summed E-state index contributed by atoms with van der Waals surface area (Å²) in [7, 11) is 0. The molecule has 0 amide bonds. The summed E-state index contributed by atoms with van der Waals surface area (Å²) in [5, 5.41) is 20.0. The van der Waals surface area contributed by atoms with E-state index in [1.807, 2.05) is 0 Å². The van der Waals surface area contributed by atoms with Gasteiger partial charge in [-0.05, 0) is 12.8 Å². The van der Waals surface area contributed by atoms with Gasteiger partial charge in [-0.3, -0.25) is 0 Å². The standard InChI is InChI=1S/C14H22O4/c1-3-5-11(15)9-7-17-14-10(8-18-13(9)14)12(16)6-4-2/h3-4,9-16H,1-2,5-8H2/t9-,10-,11-,12-,13-,14-/m1/s1. The van der Waals surface area contributed by atoms with Crippen molar-refractivity contribution in [2.24, 2.45) is 11.8 Å². The van der Waals surface area contributed by atoms with Crippen molar-refractivity contribution in [3.63, 3.8) is 0 Å². The third-order valence-electron chi connectivity index (χ3n) is 3.93. The molecule has 2 heterocycles. The van der Waals surface area contributed by atoms with Crippen LogP contribution >= 0.6 is 0 Å². The Bertz CT molecular complexity index is 274. The van der Waals surface area contributed by atoms with Crippen LogP contribution in [0.3, 0.4) is 0 Å². The van der Waals surface area contributed by atoms with Crippen molar-refractivity contribution in [1.82, 2.24) is 0 Å². The predicted octanol–water partition coefficient (Wildman–Crippen LogP) is 0.890. The van der Waals surface area contributed by atoms with Crippen molar-refractivity contribution in [3.8, 4) is 0 Å². The molecule has 0 aromatic heterocycles. The topological polar surface area (TPSA) is 58.9 Å². The highest BCUT2D eigenvalue weighted by Crippen LogP contribution is 2.38. The molecule has 2 N–H and O–H groups in total. The highest BCUT2D eigenvalue weighted by atomic mass is 16.6. The normalized spacial score (nSPS) is 38.1. The van der Waals surface area contributed by atoms with Crippen molar-refractivity contribution in [2.75, 3.05) is 13.2 Å². The van der Waals surface area contributed by atoms with Crippen LogP contribution in [-0.4, -0.2) is 47.8 Å². The fraction of sp³-hybridized carbons (Fsp3) is 0.714. The average molecular weight is 254 g/mol. The Kier molecular flexibility index (Phi) is 4.56. The van der Waals surface area contributed by atoms with E-state index < -0.39 is 12.2 Å². The van der Waals surface area contributed by atoms with Gasteiger partial charge in [0.1, 0.15) is 0 Å². The molecule has 0 aromatic carbocycles. The quantitative estimate of drug-likeness (QED) is 0.691. The molecule has 0 aliphatic carbocycles. The van der Waals surface area contributed by atoms with Crippen LogP contribution in [0.2, 0.25) is 0 Å². The molecule has 102 valence electrons. The molecule has 4 heteroatoms. The first-order valence-corrected chi connectivity index (χ1v) is 6.50. The summed E-state index contributed by atoms with van der Waals surface area (Å²) in [6.45, 7) is 8.24. The zero-order valence-corrected chi connectivity index (χ0v) is 10.6. The molecule has 0 spiro atoms. The van der Waals surface area contributed by atoms with Gasteiger partial charge in [-0.2, -0.15) is 0 Å². The maximum absolute atomic E-state index is 10.0. The van der Waals surface area contributed by atoms with Crippen molar-refractivity contribution in [2.45, 2.75) is 37.3 Å². The van der Waals surface area contributed by atoms with Gasteiger partial charge in [0.15, 0.2) is 0 Å². The van der Waals surface area contributed by atoms with Crippen LogP contribution in [0.25, 0.3) is 0 Å². The predicted molar refractivity (Wildman–Crippen MR) is 68.1 cm³/mol. The highest BCUT2D eigenvalue weighted by molar-refractivity contribution is 4.99. The number of rotatable bonds is 6. The van der Waals surface area contributed by atoms with E-state index >= 15 is 0 Å². The molecule has 2 fully saturated rings. The minimum Gasteiger partial charge on any atom is -0.392 e. The van der Waals surface area contributed by atoms with Gasteiger partial charge < -0.3 is 19.7 Å². The number of aliphatic hydroxyl groups excluding tert-OH is 2. The van der Waals surface area contributed by atoms with Crippen LogP contribution in [0.1, 0.15) is 12.8 Å². The zero-order chi connectivity index (χ0) is 13.1. The van der Waals surface area contributed by atoms with Crippen LogP contribution in [-0.2, 0) is 9.47 Å². The van der Waals surface area contributed by atoms with E-state index in [1.54, 1.807) is 12.2 Å². The van der Waals surface area contributed by atoms with Crippen LogP contribution in [0.15, 0.2) is 25.3 Å². The lowest BCUT2D eigenvalue weighted by atomic mass is 9.88. The van der Waals surface area contributed by atoms with E-state index in [-0.39, 0.29) is 24.0 Å². The van der Waals surface area contributed by atoms with E-state index in [0.29, 0.717) is 26.1 Å². The molecule has 0 unspecified atom stereocenters. The summed E-state index contributed by atoms with van der Waals surface area (Å²) in [6, 6.07) is 0. The van der Waals surface area contributed by atoms with Crippen LogP contribution < -0.4 is 0 Å². The largest absolute Gasteiger partial charge is 0.392 e. The molecule has 2 aliphatic rings. The van der Waals surface area contributed by atoms with Gasteiger partial charge >= 0.3 is 0 Å². The third-order valence-corrected chi connectivity index (χ3v) is 3.93. The van der Waals surface area contributed by atoms with E-state index in [9.17, 15) is 10.2 Å². The third kappa shape index (κ3) is 2.52. The Morgan fingerprint density at radius 3 is 1.67 bits per heavy atom. The number of fused-ring (bicyclic) bond motifs is 1. The second-order valence-corrected chi connectivity index (χ2v) is 5.11. The second kappa shape index (κ2) is 5.97. The minimum absolute atomic E-state index is 0.0195. The Balaban J connectivity index is 1.98. The van der Waals surface area contributed by atoms with Gasteiger partial charge in [-0.1, -0.05) is 12.2 Å². The monoisotopic (exact) mass is 254 g/mol. The van der Waals surface area contributed by atoms with E-state index in [2.05, 4.69) is 13.2 Å². The first-order chi connectivity index (χ1) is 8.69. The van der Waals surface area contributed by atoms with Crippen molar-refractivity contribution in [3.05, 3.63) is 25.3 Å². The zero-order valence-electron chi connectivity index (χ0n) is 10.6. The van der Waals surface area contributed by atoms with Crippen molar-refractivity contribution >= 4 is 0 Å². The SMILES string of the molecule is C=CC[C@@H](O)[C@H]1CO[C@@H]2[C@@H]([C@H](O)CC=C)CO[C@H]12. The van der Waals surface area contributed by atoms with Crippen molar-refractivity contribution in [1.29, 1.82) is 0 Å². The lowest BCUT2D eigenvalue weighted by Gasteiger charge is -2.21. The first kappa shape index (κ1) is 13.7. The van der Waals surface area contributed by atoms with Crippen LogP contribution in [0, 0.1) is 11.8 Å². The van der Waals surface area contributed by atoms with E-state index in [1.165, 1.54) is 0 Å². The molecule has 2 aliphatic heterocycles. The molecule has 0 bridgehead atoms. The van der Waals surface area contributed by atoms with Gasteiger partial charge in [0.25, 0.3) is 0 Å². The summed E-state index contributed by atoms with van der Waals surface area (Å²) < 4.78 is 11.4. The maximum atomic E-state index is 10.0. The van der Waals surface area contributed by atoms with Crippen LogP contribution in [0.4, 0.5) is 0 Å². The van der Waals surface area contributed by atoms with E-state index in [4.69, 9.17) is 9.47 Å². The second-order valence-electron chi connectivity index (χ2n) is 5.11. The Labute approximate surface area is 108 Å². The molecule has 0 aromatic rings. The highest BCUT2D eigenvalue weighted by Gasteiger charge is 2.51. The van der Waals surface area contributed by atoms with Gasteiger partial charge in [0.05, 0.1) is 37.6 Å². The lowest BCUT2D eigenvalue weighted by Crippen LogP contribution is -2.35. The fourth-order valence-corrected chi connectivity index (χ4v) is 2.91. The molecular weight excluding hydrogens is 232 g/mol. The summed E-state index contributed by atoms with van der Waals surface area (Å²) in [5.41, 5.74) is 0. The number of hydrogen-bond donors (Lipinski definition) is 2. The average Bonchev–Trinajstić information content (AvgIpc) is 2.89. The fourth-order valence-electron chi connectivity index (χ4n) is 2.91.